The second-order valence-corrected chi connectivity index (χ2v) is 4.72. The van der Waals surface area contributed by atoms with E-state index in [1.807, 2.05) is 24.6 Å². The van der Waals surface area contributed by atoms with Crippen LogP contribution >= 0.6 is 0 Å². The minimum atomic E-state index is -0.817. The smallest absolute Gasteiger partial charge is 0.159 e. The fourth-order valence-electron chi connectivity index (χ4n) is 2.07. The van der Waals surface area contributed by atoms with E-state index in [1.54, 1.807) is 18.6 Å². The Bertz CT molecular complexity index is 525. The second kappa shape index (κ2) is 5.93. The summed E-state index contributed by atoms with van der Waals surface area (Å²) in [7, 11) is 0. The Kier molecular flexibility index (Phi) is 4.27. The minimum Gasteiger partial charge on any atom is -0.336 e. The summed E-state index contributed by atoms with van der Waals surface area (Å²) in [6.45, 7) is 4.74. The van der Waals surface area contributed by atoms with Crippen LogP contribution in [0, 0.1) is 11.6 Å². The number of rotatable bonds is 5. The van der Waals surface area contributed by atoms with Crippen LogP contribution in [0.5, 0.6) is 0 Å². The fraction of sp³-hybridized carbons (Fsp3) is 0.357. The van der Waals surface area contributed by atoms with Crippen molar-refractivity contribution in [1.29, 1.82) is 0 Å². The molecule has 1 heterocycles. The van der Waals surface area contributed by atoms with Crippen LogP contribution in [0.3, 0.4) is 0 Å². The summed E-state index contributed by atoms with van der Waals surface area (Å²) >= 11 is 0. The standard InChI is InChI=1S/C14H17F2N3/c1-10(8-19-6-5-17-9-19)18-11(2)12-3-4-13(15)14(16)7-12/h3-7,9-11,18H,8H2,1-2H3. The normalized spacial score (nSPS) is 14.3. The number of hydrogen-bond donors (Lipinski definition) is 1. The minimum absolute atomic E-state index is 0.0476. The molecule has 2 rings (SSSR count). The number of nitrogens with zero attached hydrogens (tertiary/aromatic N) is 2. The molecule has 0 aliphatic rings. The van der Waals surface area contributed by atoms with Crippen molar-refractivity contribution in [3.8, 4) is 0 Å². The molecule has 0 aliphatic carbocycles. The number of benzene rings is 1. The number of nitrogens with one attached hydrogen (secondary N) is 1. The van der Waals surface area contributed by atoms with Crippen LogP contribution in [0.1, 0.15) is 25.5 Å². The van der Waals surface area contributed by atoms with E-state index in [1.165, 1.54) is 6.07 Å². The van der Waals surface area contributed by atoms with Gasteiger partial charge in [-0.2, -0.15) is 0 Å². The third kappa shape index (κ3) is 3.61. The largest absolute Gasteiger partial charge is 0.336 e. The van der Waals surface area contributed by atoms with Gasteiger partial charge in [0.1, 0.15) is 0 Å². The van der Waals surface area contributed by atoms with Gasteiger partial charge in [-0.05, 0) is 31.5 Å². The Morgan fingerprint density at radius 1 is 1.26 bits per heavy atom. The van der Waals surface area contributed by atoms with Gasteiger partial charge < -0.3 is 9.88 Å². The van der Waals surface area contributed by atoms with Crippen molar-refractivity contribution in [3.63, 3.8) is 0 Å². The van der Waals surface area contributed by atoms with Gasteiger partial charge in [0, 0.05) is 31.0 Å². The highest BCUT2D eigenvalue weighted by Gasteiger charge is 2.12. The molecule has 5 heteroatoms. The first kappa shape index (κ1) is 13.7. The monoisotopic (exact) mass is 265 g/mol. The summed E-state index contributed by atoms with van der Waals surface area (Å²) in [5, 5.41) is 3.34. The molecular weight excluding hydrogens is 248 g/mol. The first-order valence-corrected chi connectivity index (χ1v) is 6.23. The molecule has 0 bridgehead atoms. The van der Waals surface area contributed by atoms with Crippen molar-refractivity contribution >= 4 is 0 Å². The predicted octanol–water partition coefficient (Wildman–Crippen LogP) is 2.90. The Morgan fingerprint density at radius 2 is 2.05 bits per heavy atom. The molecule has 0 saturated carbocycles. The van der Waals surface area contributed by atoms with Crippen molar-refractivity contribution < 1.29 is 8.78 Å². The zero-order valence-electron chi connectivity index (χ0n) is 11.0. The third-order valence-corrected chi connectivity index (χ3v) is 3.02. The number of hydrogen-bond acceptors (Lipinski definition) is 2. The van der Waals surface area contributed by atoms with E-state index in [0.29, 0.717) is 0 Å². The zero-order valence-corrected chi connectivity index (χ0v) is 11.0. The molecule has 0 spiro atoms. The summed E-state index contributed by atoms with van der Waals surface area (Å²) in [6, 6.07) is 4.13. The molecule has 19 heavy (non-hydrogen) atoms. The molecule has 0 aliphatic heterocycles. The van der Waals surface area contributed by atoms with Gasteiger partial charge in [-0.15, -0.1) is 0 Å². The van der Waals surface area contributed by atoms with E-state index in [4.69, 9.17) is 0 Å². The molecule has 0 radical (unpaired) electrons. The number of imidazole rings is 1. The number of aromatic nitrogens is 2. The average Bonchev–Trinajstić information content (AvgIpc) is 2.85. The molecule has 2 aromatic rings. The van der Waals surface area contributed by atoms with Crippen LogP contribution in [0.25, 0.3) is 0 Å². The lowest BCUT2D eigenvalue weighted by molar-refractivity contribution is 0.427. The highest BCUT2D eigenvalue weighted by Crippen LogP contribution is 2.16. The Labute approximate surface area is 111 Å². The summed E-state index contributed by atoms with van der Waals surface area (Å²) in [5.74, 6) is -1.63. The van der Waals surface area contributed by atoms with Crippen molar-refractivity contribution in [2.45, 2.75) is 32.5 Å². The van der Waals surface area contributed by atoms with E-state index >= 15 is 0 Å². The van der Waals surface area contributed by atoms with E-state index < -0.39 is 11.6 Å². The molecule has 0 saturated heterocycles. The van der Waals surface area contributed by atoms with Crippen molar-refractivity contribution in [2.75, 3.05) is 0 Å². The highest BCUT2D eigenvalue weighted by molar-refractivity contribution is 5.20. The zero-order chi connectivity index (χ0) is 13.8. The van der Waals surface area contributed by atoms with Gasteiger partial charge in [-0.25, -0.2) is 13.8 Å². The van der Waals surface area contributed by atoms with Crippen LogP contribution in [0.4, 0.5) is 8.78 Å². The van der Waals surface area contributed by atoms with Gasteiger partial charge in [-0.1, -0.05) is 6.07 Å². The predicted molar refractivity (Wildman–Crippen MR) is 69.6 cm³/mol. The lowest BCUT2D eigenvalue weighted by Gasteiger charge is -2.20. The van der Waals surface area contributed by atoms with E-state index in [0.717, 1.165) is 18.2 Å². The van der Waals surface area contributed by atoms with Gasteiger partial charge in [0.15, 0.2) is 11.6 Å². The molecule has 1 N–H and O–H groups in total. The lowest BCUT2D eigenvalue weighted by Crippen LogP contribution is -2.32. The van der Waals surface area contributed by atoms with Gasteiger partial charge in [0.25, 0.3) is 0 Å². The van der Waals surface area contributed by atoms with Crippen LogP contribution in [-0.4, -0.2) is 15.6 Å². The maximum atomic E-state index is 13.2. The van der Waals surface area contributed by atoms with Crippen LogP contribution in [0.2, 0.25) is 0 Å². The van der Waals surface area contributed by atoms with Crippen molar-refractivity contribution in [3.05, 3.63) is 54.1 Å². The van der Waals surface area contributed by atoms with Crippen LogP contribution < -0.4 is 5.32 Å². The molecule has 0 amide bonds. The summed E-state index contributed by atoms with van der Waals surface area (Å²) in [6.07, 6.45) is 5.37. The SMILES string of the molecule is CC(Cn1ccnc1)NC(C)c1ccc(F)c(F)c1. The van der Waals surface area contributed by atoms with Gasteiger partial charge in [0.05, 0.1) is 6.33 Å². The average molecular weight is 265 g/mol. The molecule has 1 aromatic heterocycles. The quantitative estimate of drug-likeness (QED) is 0.901. The summed E-state index contributed by atoms with van der Waals surface area (Å²) in [4.78, 5) is 3.98. The summed E-state index contributed by atoms with van der Waals surface area (Å²) in [5.41, 5.74) is 0.733. The molecular formula is C14H17F2N3. The van der Waals surface area contributed by atoms with E-state index in [2.05, 4.69) is 10.3 Å². The number of halogens is 2. The van der Waals surface area contributed by atoms with Gasteiger partial charge in [-0.3, -0.25) is 0 Å². The highest BCUT2D eigenvalue weighted by atomic mass is 19.2. The van der Waals surface area contributed by atoms with Gasteiger partial charge in [0.2, 0.25) is 0 Å². The molecule has 3 nitrogen and oxygen atoms in total. The molecule has 102 valence electrons. The first-order valence-electron chi connectivity index (χ1n) is 6.23. The fourth-order valence-corrected chi connectivity index (χ4v) is 2.07. The third-order valence-electron chi connectivity index (χ3n) is 3.02. The van der Waals surface area contributed by atoms with Crippen molar-refractivity contribution in [1.82, 2.24) is 14.9 Å². The Morgan fingerprint density at radius 3 is 2.68 bits per heavy atom. The first-order chi connectivity index (χ1) is 9.06. The van der Waals surface area contributed by atoms with Gasteiger partial charge >= 0.3 is 0 Å². The van der Waals surface area contributed by atoms with Crippen LogP contribution in [-0.2, 0) is 6.54 Å². The molecule has 2 unspecified atom stereocenters. The van der Waals surface area contributed by atoms with E-state index in [9.17, 15) is 8.78 Å². The topological polar surface area (TPSA) is 29.9 Å². The van der Waals surface area contributed by atoms with E-state index in [-0.39, 0.29) is 12.1 Å². The summed E-state index contributed by atoms with van der Waals surface area (Å²) < 4.78 is 28.0. The van der Waals surface area contributed by atoms with Crippen molar-refractivity contribution in [2.24, 2.45) is 0 Å². The maximum absolute atomic E-state index is 13.2. The Balaban J connectivity index is 1.96. The molecule has 0 fully saturated rings. The van der Waals surface area contributed by atoms with Crippen LogP contribution in [0.15, 0.2) is 36.9 Å². The Hall–Kier alpha value is -1.75. The lowest BCUT2D eigenvalue weighted by atomic mass is 10.1. The molecule has 2 atom stereocenters. The second-order valence-electron chi connectivity index (χ2n) is 4.72. The molecule has 1 aromatic carbocycles. The maximum Gasteiger partial charge on any atom is 0.159 e.